The molecule has 0 radical (unpaired) electrons. The number of nitrogens with zero attached hydrogens (tertiary/aromatic N) is 1. The third-order valence-corrected chi connectivity index (χ3v) is 0.891. The molecule has 110 valence electrons. The molecule has 0 aromatic carbocycles. The second kappa shape index (κ2) is 7.94. The van der Waals surface area contributed by atoms with Gasteiger partial charge in [0.15, 0.2) is 0 Å². The number of halogens is 6. The highest BCUT2D eigenvalue weighted by molar-refractivity contribution is 5.73. The normalized spacial score (nSPS) is 10.4. The van der Waals surface area contributed by atoms with Gasteiger partial charge in [0, 0.05) is 12.4 Å². The molecule has 0 amide bonds. The predicted molar refractivity (Wildman–Crippen MR) is 46.0 cm³/mol. The number of carbonyl (C=O) groups is 2. The Kier molecular flexibility index (Phi) is 7.97. The zero-order valence-electron chi connectivity index (χ0n) is 8.66. The van der Waals surface area contributed by atoms with E-state index in [1.807, 2.05) is 6.07 Å². The highest BCUT2D eigenvalue weighted by atomic mass is 19.4. The average Bonchev–Trinajstić information content (AvgIpc) is 2.72. The summed E-state index contributed by atoms with van der Waals surface area (Å²) >= 11 is 0. The van der Waals surface area contributed by atoms with Crippen LogP contribution in [0.4, 0.5) is 26.3 Å². The molecule has 1 rings (SSSR count). The van der Waals surface area contributed by atoms with Crippen molar-refractivity contribution in [2.24, 2.45) is 0 Å². The van der Waals surface area contributed by atoms with E-state index < -0.39 is 24.3 Å². The quantitative estimate of drug-likeness (QED) is 0.632. The summed E-state index contributed by atoms with van der Waals surface area (Å²) in [7, 11) is 0. The van der Waals surface area contributed by atoms with Crippen LogP contribution >= 0.6 is 0 Å². The topological polar surface area (TPSA) is 103 Å². The Morgan fingerprint density at radius 2 is 1.26 bits per heavy atom. The second-order valence-corrected chi connectivity index (χ2v) is 2.37. The molecule has 3 N–H and O–H groups in total. The van der Waals surface area contributed by atoms with Crippen LogP contribution in [0.2, 0.25) is 0 Å². The fourth-order valence-electron chi connectivity index (χ4n) is 0.215. The average molecular weight is 296 g/mol. The molecule has 0 bridgehead atoms. The van der Waals surface area contributed by atoms with E-state index in [-0.39, 0.29) is 0 Å². The minimum absolute atomic E-state index is 1.69. The van der Waals surface area contributed by atoms with Gasteiger partial charge in [0.1, 0.15) is 0 Å². The zero-order valence-corrected chi connectivity index (χ0v) is 8.66. The lowest BCUT2D eigenvalue weighted by Crippen LogP contribution is -2.21. The molecule has 0 aliphatic carbocycles. The lowest BCUT2D eigenvalue weighted by atomic mass is 10.7. The first-order chi connectivity index (χ1) is 8.39. The van der Waals surface area contributed by atoms with E-state index >= 15 is 0 Å². The third kappa shape index (κ3) is 13.7. The maximum atomic E-state index is 10.6. The summed E-state index contributed by atoms with van der Waals surface area (Å²) in [5, 5.41) is 20.5. The minimum Gasteiger partial charge on any atom is -0.475 e. The van der Waals surface area contributed by atoms with E-state index in [0.717, 1.165) is 0 Å². The monoisotopic (exact) mass is 296 g/mol. The number of carboxylic acid groups (broad SMARTS) is 2. The molecular formula is C7H6F6N2O4. The second-order valence-electron chi connectivity index (χ2n) is 2.37. The van der Waals surface area contributed by atoms with Gasteiger partial charge in [-0.25, -0.2) is 9.59 Å². The van der Waals surface area contributed by atoms with Crippen molar-refractivity contribution in [3.05, 3.63) is 18.5 Å². The summed E-state index contributed by atoms with van der Waals surface area (Å²) in [6.45, 7) is 0. The molecule has 6 nitrogen and oxygen atoms in total. The van der Waals surface area contributed by atoms with Crippen molar-refractivity contribution in [3.63, 3.8) is 0 Å². The molecule has 1 aromatic heterocycles. The number of H-pyrrole nitrogens is 1. The molecule has 12 heteroatoms. The molecule has 0 unspecified atom stereocenters. The molecule has 0 atom stereocenters. The molecule has 0 aliphatic heterocycles. The van der Waals surface area contributed by atoms with E-state index in [1.165, 1.54) is 0 Å². The highest BCUT2D eigenvalue weighted by Gasteiger charge is 2.38. The summed E-state index contributed by atoms with van der Waals surface area (Å²) in [6.07, 6.45) is -6.71. The van der Waals surface area contributed by atoms with E-state index in [9.17, 15) is 26.3 Å². The van der Waals surface area contributed by atoms with E-state index in [0.29, 0.717) is 0 Å². The van der Waals surface area contributed by atoms with Crippen LogP contribution in [-0.4, -0.2) is 44.7 Å². The van der Waals surface area contributed by atoms with Crippen LogP contribution in [0.5, 0.6) is 0 Å². The van der Waals surface area contributed by atoms with Gasteiger partial charge >= 0.3 is 24.3 Å². The molecule has 1 heterocycles. The van der Waals surface area contributed by atoms with Crippen molar-refractivity contribution in [2.45, 2.75) is 12.4 Å². The van der Waals surface area contributed by atoms with Crippen molar-refractivity contribution in [3.8, 4) is 0 Å². The number of rotatable bonds is 0. The number of aromatic nitrogens is 2. The number of nitrogens with one attached hydrogen (secondary N) is 1. The molecule has 1 aromatic rings. The molecule has 0 aliphatic rings. The summed E-state index contributed by atoms with van der Waals surface area (Å²) in [5.74, 6) is -5.51. The number of alkyl halides is 6. The number of carboxylic acids is 2. The third-order valence-electron chi connectivity index (χ3n) is 0.891. The molecule has 0 fully saturated rings. The van der Waals surface area contributed by atoms with Gasteiger partial charge in [0.2, 0.25) is 0 Å². The van der Waals surface area contributed by atoms with Crippen LogP contribution in [0, 0.1) is 0 Å². The maximum Gasteiger partial charge on any atom is 0.490 e. The van der Waals surface area contributed by atoms with Crippen molar-refractivity contribution < 1.29 is 46.1 Å². The standard InChI is InChI=1S/C3H4N2.2C2HF3O2/c1-2-4-5-3-1;2*3-2(4,5)1(6)7/h1-3H,(H,4,5);2*(H,6,7). The van der Waals surface area contributed by atoms with Crippen LogP contribution in [0.3, 0.4) is 0 Å². The van der Waals surface area contributed by atoms with Crippen molar-refractivity contribution in [1.29, 1.82) is 0 Å². The van der Waals surface area contributed by atoms with Gasteiger partial charge in [0.25, 0.3) is 0 Å². The SMILES string of the molecule is O=C(O)C(F)(F)F.O=C(O)C(F)(F)F.c1cn[nH]c1. The Morgan fingerprint density at radius 1 is 0.947 bits per heavy atom. The van der Waals surface area contributed by atoms with Gasteiger partial charge < -0.3 is 10.2 Å². The fraction of sp³-hybridized carbons (Fsp3) is 0.286. The first-order valence-corrected chi connectivity index (χ1v) is 3.93. The van der Waals surface area contributed by atoms with Gasteiger partial charge in [-0.2, -0.15) is 31.4 Å². The van der Waals surface area contributed by atoms with E-state index in [1.54, 1.807) is 12.4 Å². The number of hydrogen-bond acceptors (Lipinski definition) is 3. The van der Waals surface area contributed by atoms with Crippen LogP contribution in [0.15, 0.2) is 18.5 Å². The molecular weight excluding hydrogens is 290 g/mol. The molecule has 19 heavy (non-hydrogen) atoms. The predicted octanol–water partition coefficient (Wildman–Crippen LogP) is 1.68. The summed E-state index contributed by atoms with van der Waals surface area (Å²) in [4.78, 5) is 17.8. The fourth-order valence-corrected chi connectivity index (χ4v) is 0.215. The molecule has 0 spiro atoms. The van der Waals surface area contributed by atoms with E-state index in [2.05, 4.69) is 10.2 Å². The Labute approximate surface area is 100 Å². The van der Waals surface area contributed by atoms with Crippen molar-refractivity contribution >= 4 is 11.9 Å². The van der Waals surface area contributed by atoms with Crippen LogP contribution in [-0.2, 0) is 9.59 Å². The first-order valence-electron chi connectivity index (χ1n) is 3.93. The van der Waals surface area contributed by atoms with Crippen LogP contribution < -0.4 is 0 Å². The lowest BCUT2D eigenvalue weighted by molar-refractivity contribution is -0.193. The first kappa shape index (κ1) is 19.1. The molecule has 0 saturated carbocycles. The largest absolute Gasteiger partial charge is 0.490 e. The van der Waals surface area contributed by atoms with Crippen LogP contribution in [0.25, 0.3) is 0 Å². The smallest absolute Gasteiger partial charge is 0.475 e. The van der Waals surface area contributed by atoms with Gasteiger partial charge in [-0.3, -0.25) is 5.10 Å². The zero-order chi connectivity index (χ0) is 15.7. The number of aliphatic carboxylic acids is 2. The molecule has 0 saturated heterocycles. The van der Waals surface area contributed by atoms with Gasteiger partial charge in [-0.15, -0.1) is 0 Å². The van der Waals surface area contributed by atoms with Gasteiger partial charge in [-0.1, -0.05) is 0 Å². The van der Waals surface area contributed by atoms with Crippen molar-refractivity contribution in [1.82, 2.24) is 10.2 Å². The Bertz CT molecular complexity index is 331. The lowest BCUT2D eigenvalue weighted by Gasteiger charge is -1.93. The van der Waals surface area contributed by atoms with Crippen LogP contribution in [0.1, 0.15) is 0 Å². The van der Waals surface area contributed by atoms with Gasteiger partial charge in [0.05, 0.1) is 0 Å². The summed E-state index contributed by atoms with van der Waals surface area (Å²) < 4.78 is 63.5. The minimum atomic E-state index is -5.08. The highest BCUT2D eigenvalue weighted by Crippen LogP contribution is 2.13. The Morgan fingerprint density at radius 3 is 1.32 bits per heavy atom. The Hall–Kier alpha value is -2.27. The summed E-state index contributed by atoms with van der Waals surface area (Å²) in [6, 6.07) is 1.83. The maximum absolute atomic E-state index is 10.6. The van der Waals surface area contributed by atoms with E-state index in [4.69, 9.17) is 19.8 Å². The number of hydrogen-bond donors (Lipinski definition) is 3. The Balaban J connectivity index is 0. The number of aromatic amines is 1. The van der Waals surface area contributed by atoms with Crippen molar-refractivity contribution in [2.75, 3.05) is 0 Å². The van der Waals surface area contributed by atoms with Gasteiger partial charge in [-0.05, 0) is 6.07 Å². The summed E-state index contributed by atoms with van der Waals surface area (Å²) in [5.41, 5.74) is 0.